The molecule has 0 radical (unpaired) electrons. The standard InChI is InChI=1S/C16H16Cl2O2/c1-11-5-6-12(16(18)7-11)8-14(19)10-20-15-4-2-3-13(17)9-15/h2-7,9,14,19H,8,10H2,1H3. The van der Waals surface area contributed by atoms with Gasteiger partial charge in [-0.1, -0.05) is 41.4 Å². The van der Waals surface area contributed by atoms with Gasteiger partial charge < -0.3 is 9.84 Å². The molecule has 2 aromatic rings. The highest BCUT2D eigenvalue weighted by molar-refractivity contribution is 6.31. The van der Waals surface area contributed by atoms with Crippen molar-refractivity contribution in [3.63, 3.8) is 0 Å². The Hall–Kier alpha value is -1.22. The van der Waals surface area contributed by atoms with Crippen molar-refractivity contribution >= 4 is 23.2 Å². The van der Waals surface area contributed by atoms with Gasteiger partial charge in [-0.05, 0) is 42.3 Å². The highest BCUT2D eigenvalue weighted by atomic mass is 35.5. The van der Waals surface area contributed by atoms with Crippen molar-refractivity contribution in [2.45, 2.75) is 19.4 Å². The fourth-order valence-electron chi connectivity index (χ4n) is 1.88. The van der Waals surface area contributed by atoms with E-state index in [1.54, 1.807) is 24.3 Å². The smallest absolute Gasteiger partial charge is 0.120 e. The van der Waals surface area contributed by atoms with Crippen LogP contribution in [0.2, 0.25) is 10.0 Å². The first-order chi connectivity index (χ1) is 9.54. The Morgan fingerprint density at radius 3 is 2.65 bits per heavy atom. The third kappa shape index (κ3) is 4.41. The van der Waals surface area contributed by atoms with Gasteiger partial charge in [0, 0.05) is 16.5 Å². The molecule has 2 aromatic carbocycles. The van der Waals surface area contributed by atoms with Crippen molar-refractivity contribution in [3.8, 4) is 5.75 Å². The molecule has 1 unspecified atom stereocenters. The summed E-state index contributed by atoms with van der Waals surface area (Å²) in [5, 5.41) is 11.3. The molecule has 0 saturated carbocycles. The van der Waals surface area contributed by atoms with E-state index in [9.17, 15) is 5.11 Å². The SMILES string of the molecule is Cc1ccc(CC(O)COc2cccc(Cl)c2)c(Cl)c1. The van der Waals surface area contributed by atoms with Crippen molar-refractivity contribution in [2.24, 2.45) is 0 Å². The molecule has 2 rings (SSSR count). The maximum Gasteiger partial charge on any atom is 0.120 e. The number of hydrogen-bond donors (Lipinski definition) is 1. The number of benzene rings is 2. The zero-order chi connectivity index (χ0) is 14.5. The maximum absolute atomic E-state index is 10.0. The lowest BCUT2D eigenvalue weighted by molar-refractivity contribution is 0.108. The van der Waals surface area contributed by atoms with Crippen LogP contribution in [0.5, 0.6) is 5.75 Å². The molecule has 2 nitrogen and oxygen atoms in total. The second-order valence-corrected chi connectivity index (χ2v) is 5.56. The molecule has 0 heterocycles. The third-order valence-corrected chi connectivity index (χ3v) is 3.49. The van der Waals surface area contributed by atoms with Crippen LogP contribution in [0.4, 0.5) is 0 Å². The van der Waals surface area contributed by atoms with Crippen LogP contribution in [0.3, 0.4) is 0 Å². The normalized spacial score (nSPS) is 12.2. The molecule has 0 fully saturated rings. The molecule has 1 N–H and O–H groups in total. The zero-order valence-electron chi connectivity index (χ0n) is 11.1. The van der Waals surface area contributed by atoms with Crippen molar-refractivity contribution < 1.29 is 9.84 Å². The highest BCUT2D eigenvalue weighted by Crippen LogP contribution is 2.20. The van der Waals surface area contributed by atoms with Gasteiger partial charge in [0.05, 0.1) is 6.10 Å². The van der Waals surface area contributed by atoms with Gasteiger partial charge in [0.15, 0.2) is 0 Å². The summed E-state index contributed by atoms with van der Waals surface area (Å²) in [6, 6.07) is 12.9. The summed E-state index contributed by atoms with van der Waals surface area (Å²) < 4.78 is 5.51. The fraction of sp³-hybridized carbons (Fsp3) is 0.250. The molecule has 4 heteroatoms. The summed E-state index contributed by atoms with van der Waals surface area (Å²) in [7, 11) is 0. The molecule has 0 amide bonds. The first kappa shape index (κ1) is 15.2. The molecular weight excluding hydrogens is 295 g/mol. The first-order valence-corrected chi connectivity index (χ1v) is 7.11. The highest BCUT2D eigenvalue weighted by Gasteiger charge is 2.10. The van der Waals surface area contributed by atoms with Crippen LogP contribution in [0.15, 0.2) is 42.5 Å². The number of ether oxygens (including phenoxy) is 1. The van der Waals surface area contributed by atoms with Crippen LogP contribution in [-0.2, 0) is 6.42 Å². The lowest BCUT2D eigenvalue weighted by Crippen LogP contribution is -2.20. The average molecular weight is 311 g/mol. The van der Waals surface area contributed by atoms with E-state index in [1.807, 2.05) is 25.1 Å². The topological polar surface area (TPSA) is 29.5 Å². The maximum atomic E-state index is 10.0. The van der Waals surface area contributed by atoms with Crippen LogP contribution in [-0.4, -0.2) is 17.8 Å². The molecule has 0 saturated heterocycles. The second-order valence-electron chi connectivity index (χ2n) is 4.72. The first-order valence-electron chi connectivity index (χ1n) is 6.36. The van der Waals surface area contributed by atoms with E-state index in [0.29, 0.717) is 22.2 Å². The van der Waals surface area contributed by atoms with E-state index in [-0.39, 0.29) is 6.61 Å². The molecular formula is C16H16Cl2O2. The molecule has 0 aromatic heterocycles. The molecule has 106 valence electrons. The predicted octanol–water partition coefficient (Wildman–Crippen LogP) is 4.28. The summed E-state index contributed by atoms with van der Waals surface area (Å²) in [6.45, 7) is 2.18. The lowest BCUT2D eigenvalue weighted by atomic mass is 10.1. The van der Waals surface area contributed by atoms with Gasteiger partial charge >= 0.3 is 0 Å². The lowest BCUT2D eigenvalue weighted by Gasteiger charge is -2.13. The van der Waals surface area contributed by atoms with Gasteiger partial charge in [0.1, 0.15) is 12.4 Å². The van der Waals surface area contributed by atoms with Gasteiger partial charge in [-0.15, -0.1) is 0 Å². The fourth-order valence-corrected chi connectivity index (χ4v) is 2.37. The molecule has 0 aliphatic carbocycles. The zero-order valence-corrected chi connectivity index (χ0v) is 12.7. The van der Waals surface area contributed by atoms with Crippen molar-refractivity contribution in [3.05, 3.63) is 63.6 Å². The van der Waals surface area contributed by atoms with Gasteiger partial charge in [-0.3, -0.25) is 0 Å². The van der Waals surface area contributed by atoms with Crippen LogP contribution in [0.1, 0.15) is 11.1 Å². The van der Waals surface area contributed by atoms with Crippen molar-refractivity contribution in [1.82, 2.24) is 0 Å². The molecule has 0 bridgehead atoms. The molecule has 20 heavy (non-hydrogen) atoms. The van der Waals surface area contributed by atoms with Gasteiger partial charge in [0.25, 0.3) is 0 Å². The largest absolute Gasteiger partial charge is 0.491 e. The van der Waals surface area contributed by atoms with Gasteiger partial charge in [-0.25, -0.2) is 0 Å². The summed E-state index contributed by atoms with van der Waals surface area (Å²) in [6.07, 6.45) is -0.158. The van der Waals surface area contributed by atoms with Crippen molar-refractivity contribution in [1.29, 1.82) is 0 Å². The van der Waals surface area contributed by atoms with Gasteiger partial charge in [-0.2, -0.15) is 0 Å². The summed E-state index contributed by atoms with van der Waals surface area (Å²) in [5.74, 6) is 0.645. The van der Waals surface area contributed by atoms with E-state index in [0.717, 1.165) is 11.1 Å². The number of aryl methyl sites for hydroxylation is 1. The van der Waals surface area contributed by atoms with Crippen LogP contribution in [0, 0.1) is 6.92 Å². The minimum absolute atomic E-state index is 0.199. The Kier molecular flexibility index (Phi) is 5.30. The average Bonchev–Trinajstić information content (AvgIpc) is 2.40. The quantitative estimate of drug-likeness (QED) is 0.893. The number of hydrogen-bond acceptors (Lipinski definition) is 2. The summed E-state index contributed by atoms with van der Waals surface area (Å²) >= 11 is 12.0. The van der Waals surface area contributed by atoms with Crippen LogP contribution in [0.25, 0.3) is 0 Å². The number of rotatable bonds is 5. The Morgan fingerprint density at radius 2 is 1.95 bits per heavy atom. The van der Waals surface area contributed by atoms with Crippen molar-refractivity contribution in [2.75, 3.05) is 6.61 Å². The van der Waals surface area contributed by atoms with E-state index in [1.165, 1.54) is 0 Å². The van der Waals surface area contributed by atoms with Crippen LogP contribution >= 0.6 is 23.2 Å². The monoisotopic (exact) mass is 310 g/mol. The van der Waals surface area contributed by atoms with Crippen LogP contribution < -0.4 is 4.74 Å². The van der Waals surface area contributed by atoms with E-state index in [4.69, 9.17) is 27.9 Å². The van der Waals surface area contributed by atoms with E-state index < -0.39 is 6.10 Å². The summed E-state index contributed by atoms with van der Waals surface area (Å²) in [4.78, 5) is 0. The van der Waals surface area contributed by atoms with E-state index in [2.05, 4.69) is 0 Å². The molecule has 0 aliphatic rings. The Bertz CT molecular complexity index is 584. The Balaban J connectivity index is 1.90. The molecule has 1 atom stereocenters. The molecule has 0 spiro atoms. The number of halogens is 2. The second kappa shape index (κ2) is 6.98. The summed E-state index contributed by atoms with van der Waals surface area (Å²) in [5.41, 5.74) is 2.02. The van der Waals surface area contributed by atoms with E-state index >= 15 is 0 Å². The number of aliphatic hydroxyl groups excluding tert-OH is 1. The van der Waals surface area contributed by atoms with Gasteiger partial charge in [0.2, 0.25) is 0 Å². The Labute approximate surface area is 128 Å². The Morgan fingerprint density at radius 1 is 1.15 bits per heavy atom. The minimum atomic E-state index is -0.616. The predicted molar refractivity (Wildman–Crippen MR) is 82.8 cm³/mol. The minimum Gasteiger partial charge on any atom is -0.491 e. The third-order valence-electron chi connectivity index (χ3n) is 2.90. The molecule has 0 aliphatic heterocycles. The number of aliphatic hydroxyl groups is 1.